The van der Waals surface area contributed by atoms with Crippen LogP contribution < -0.4 is 4.74 Å². The fourth-order valence-corrected chi connectivity index (χ4v) is 4.82. The zero-order valence-electron chi connectivity index (χ0n) is 18.1. The van der Waals surface area contributed by atoms with Gasteiger partial charge in [0.25, 0.3) is 0 Å². The Kier molecular flexibility index (Phi) is 5.92. The summed E-state index contributed by atoms with van der Waals surface area (Å²) in [5, 5.41) is 5.20. The number of hydrogen-bond acceptors (Lipinski definition) is 5. The largest absolute Gasteiger partial charge is 0.490 e. The van der Waals surface area contributed by atoms with Gasteiger partial charge in [-0.1, -0.05) is 17.3 Å². The van der Waals surface area contributed by atoms with Gasteiger partial charge in [0, 0.05) is 37.0 Å². The van der Waals surface area contributed by atoms with Crippen LogP contribution >= 0.6 is 0 Å². The Hall–Kier alpha value is -2.44. The topological polar surface area (TPSA) is 41.7 Å². The summed E-state index contributed by atoms with van der Waals surface area (Å²) in [6.45, 7) is 5.22. The molecule has 6 heteroatoms. The molecule has 2 aliphatic heterocycles. The number of likely N-dealkylation sites (tertiary alicyclic amines) is 2. The predicted molar refractivity (Wildman–Crippen MR) is 119 cm³/mol. The monoisotopic (exact) mass is 423 g/mol. The summed E-state index contributed by atoms with van der Waals surface area (Å²) in [6, 6.07) is 13.3. The molecule has 5 nitrogen and oxygen atoms in total. The van der Waals surface area contributed by atoms with Crippen molar-refractivity contribution >= 4 is 11.0 Å². The van der Waals surface area contributed by atoms with Crippen molar-refractivity contribution in [2.24, 2.45) is 0 Å². The Morgan fingerprint density at radius 3 is 2.48 bits per heavy atom. The first kappa shape index (κ1) is 20.5. The van der Waals surface area contributed by atoms with Crippen molar-refractivity contribution in [3.05, 3.63) is 59.5 Å². The zero-order chi connectivity index (χ0) is 21.2. The number of hydrogen-bond donors (Lipinski definition) is 0. The molecule has 0 radical (unpaired) electrons. The first-order chi connectivity index (χ1) is 15.1. The van der Waals surface area contributed by atoms with Crippen LogP contribution in [0, 0.1) is 5.82 Å². The standard InChI is InChI=1S/C25H30FN3O2/c1-28-12-10-22(11-13-28)30-21-5-2-18(3-6-21)17-29-14-8-19(9-15-29)25-23-7-4-20(26)16-24(23)31-27-25/h2-7,16,19,22H,8-15,17H2,1H3. The van der Waals surface area contributed by atoms with E-state index in [1.54, 1.807) is 6.07 Å². The number of halogens is 1. The van der Waals surface area contributed by atoms with Gasteiger partial charge in [0.15, 0.2) is 5.58 Å². The number of rotatable bonds is 5. The van der Waals surface area contributed by atoms with E-state index in [-0.39, 0.29) is 5.82 Å². The Balaban J connectivity index is 1.13. The van der Waals surface area contributed by atoms with Crippen LogP contribution in [0.15, 0.2) is 47.0 Å². The van der Waals surface area contributed by atoms with Crippen molar-refractivity contribution in [1.29, 1.82) is 0 Å². The lowest BCUT2D eigenvalue weighted by atomic mass is 9.91. The van der Waals surface area contributed by atoms with Crippen LogP contribution in [-0.2, 0) is 6.54 Å². The minimum atomic E-state index is -0.284. The molecular weight excluding hydrogens is 393 g/mol. The van der Waals surface area contributed by atoms with E-state index >= 15 is 0 Å². The quantitative estimate of drug-likeness (QED) is 0.589. The summed E-state index contributed by atoms with van der Waals surface area (Å²) in [5.41, 5.74) is 2.83. The van der Waals surface area contributed by atoms with E-state index < -0.39 is 0 Å². The van der Waals surface area contributed by atoms with Crippen molar-refractivity contribution in [3.63, 3.8) is 0 Å². The van der Waals surface area contributed by atoms with Gasteiger partial charge in [-0.2, -0.15) is 0 Å². The molecule has 0 spiro atoms. The molecule has 0 aliphatic carbocycles. The minimum absolute atomic E-state index is 0.284. The summed E-state index contributed by atoms with van der Waals surface area (Å²) >= 11 is 0. The molecule has 2 fully saturated rings. The van der Waals surface area contributed by atoms with Gasteiger partial charge in [0.2, 0.25) is 0 Å². The van der Waals surface area contributed by atoms with Crippen molar-refractivity contribution in [2.45, 2.75) is 44.2 Å². The zero-order valence-corrected chi connectivity index (χ0v) is 18.1. The van der Waals surface area contributed by atoms with E-state index in [2.05, 4.69) is 46.3 Å². The first-order valence-corrected chi connectivity index (χ1v) is 11.4. The number of nitrogens with zero attached hydrogens (tertiary/aromatic N) is 3. The van der Waals surface area contributed by atoms with E-state index in [1.807, 2.05) is 0 Å². The average molecular weight is 424 g/mol. The molecule has 1 aromatic heterocycles. The normalized spacial score (nSPS) is 19.8. The van der Waals surface area contributed by atoms with E-state index in [1.165, 1.54) is 17.7 Å². The van der Waals surface area contributed by atoms with Crippen molar-refractivity contribution in [1.82, 2.24) is 15.0 Å². The molecule has 0 bridgehead atoms. The van der Waals surface area contributed by atoms with Gasteiger partial charge < -0.3 is 14.2 Å². The first-order valence-electron chi connectivity index (χ1n) is 11.4. The lowest BCUT2D eigenvalue weighted by Crippen LogP contribution is -2.35. The van der Waals surface area contributed by atoms with Gasteiger partial charge >= 0.3 is 0 Å². The fourth-order valence-electron chi connectivity index (χ4n) is 4.82. The molecule has 2 aromatic carbocycles. The summed E-state index contributed by atoms with van der Waals surface area (Å²) in [4.78, 5) is 4.85. The number of piperidine rings is 2. The molecule has 164 valence electrons. The Bertz CT molecular complexity index is 1000. The highest BCUT2D eigenvalue weighted by molar-refractivity contribution is 5.79. The van der Waals surface area contributed by atoms with Gasteiger partial charge in [-0.3, -0.25) is 4.90 Å². The van der Waals surface area contributed by atoms with Gasteiger partial charge in [0.05, 0.1) is 5.69 Å². The van der Waals surface area contributed by atoms with Crippen LogP contribution in [0.1, 0.15) is 42.9 Å². The smallest absolute Gasteiger partial charge is 0.170 e. The lowest BCUT2D eigenvalue weighted by Gasteiger charge is -2.31. The Labute approximate surface area is 182 Å². The molecular formula is C25H30FN3O2. The highest BCUT2D eigenvalue weighted by Gasteiger charge is 2.25. The molecule has 0 saturated carbocycles. The number of benzene rings is 2. The van der Waals surface area contributed by atoms with Crippen molar-refractivity contribution < 1.29 is 13.7 Å². The third kappa shape index (κ3) is 4.75. The van der Waals surface area contributed by atoms with Crippen LogP contribution in [0.3, 0.4) is 0 Å². The second-order valence-corrected chi connectivity index (χ2v) is 9.02. The highest BCUT2D eigenvalue weighted by atomic mass is 19.1. The van der Waals surface area contributed by atoms with Crippen LogP contribution in [0.2, 0.25) is 0 Å². The highest BCUT2D eigenvalue weighted by Crippen LogP contribution is 2.33. The molecule has 3 aromatic rings. The Morgan fingerprint density at radius 2 is 1.74 bits per heavy atom. The third-order valence-electron chi connectivity index (χ3n) is 6.73. The van der Waals surface area contributed by atoms with E-state index in [9.17, 15) is 4.39 Å². The predicted octanol–water partition coefficient (Wildman–Crippen LogP) is 4.82. The molecule has 31 heavy (non-hydrogen) atoms. The second-order valence-electron chi connectivity index (χ2n) is 9.02. The summed E-state index contributed by atoms with van der Waals surface area (Å²) in [5.74, 6) is 1.06. The molecule has 0 N–H and O–H groups in total. The maximum Gasteiger partial charge on any atom is 0.170 e. The van der Waals surface area contributed by atoms with Crippen LogP contribution in [0.4, 0.5) is 4.39 Å². The van der Waals surface area contributed by atoms with E-state index in [0.29, 0.717) is 17.6 Å². The van der Waals surface area contributed by atoms with Crippen molar-refractivity contribution in [2.75, 3.05) is 33.2 Å². The molecule has 3 heterocycles. The second kappa shape index (κ2) is 8.97. The molecule has 0 amide bonds. The lowest BCUT2D eigenvalue weighted by molar-refractivity contribution is 0.114. The Morgan fingerprint density at radius 1 is 1.00 bits per heavy atom. The van der Waals surface area contributed by atoms with Gasteiger partial charge in [-0.15, -0.1) is 0 Å². The van der Waals surface area contributed by atoms with Gasteiger partial charge in [-0.25, -0.2) is 4.39 Å². The maximum atomic E-state index is 13.4. The fraction of sp³-hybridized carbons (Fsp3) is 0.480. The van der Waals surface area contributed by atoms with Crippen LogP contribution in [0.25, 0.3) is 11.0 Å². The van der Waals surface area contributed by atoms with Crippen molar-refractivity contribution in [3.8, 4) is 5.75 Å². The molecule has 0 atom stereocenters. The summed E-state index contributed by atoms with van der Waals surface area (Å²) < 4.78 is 24.9. The summed E-state index contributed by atoms with van der Waals surface area (Å²) in [7, 11) is 2.17. The molecule has 0 unspecified atom stereocenters. The van der Waals surface area contributed by atoms with E-state index in [0.717, 1.165) is 75.2 Å². The van der Waals surface area contributed by atoms with E-state index in [4.69, 9.17) is 9.26 Å². The SMILES string of the molecule is CN1CCC(Oc2ccc(CN3CCC(c4noc5cc(F)ccc45)CC3)cc2)CC1. The maximum absolute atomic E-state index is 13.4. The minimum Gasteiger partial charge on any atom is -0.490 e. The van der Waals surface area contributed by atoms with Crippen LogP contribution in [-0.4, -0.2) is 54.3 Å². The molecule has 2 saturated heterocycles. The average Bonchev–Trinajstić information content (AvgIpc) is 3.20. The third-order valence-corrected chi connectivity index (χ3v) is 6.73. The number of ether oxygens (including phenoxy) is 1. The molecule has 5 rings (SSSR count). The van der Waals surface area contributed by atoms with Gasteiger partial charge in [-0.05, 0) is 75.6 Å². The summed E-state index contributed by atoms with van der Waals surface area (Å²) in [6.07, 6.45) is 4.61. The number of aromatic nitrogens is 1. The van der Waals surface area contributed by atoms with Crippen LogP contribution in [0.5, 0.6) is 5.75 Å². The molecule has 2 aliphatic rings. The van der Waals surface area contributed by atoms with Gasteiger partial charge in [0.1, 0.15) is 17.7 Å². The number of fused-ring (bicyclic) bond motifs is 1.